The quantitative estimate of drug-likeness (QED) is 0.0891. The minimum atomic E-state index is -0.583. The smallest absolute Gasteiger partial charge is 0.393 e. The lowest BCUT2D eigenvalue weighted by Gasteiger charge is -2.53. The van der Waals surface area contributed by atoms with Crippen molar-refractivity contribution >= 4 is 51.4 Å². The molecule has 0 saturated heterocycles. The Balaban J connectivity index is 1.01. The van der Waals surface area contributed by atoms with Crippen LogP contribution in [-0.4, -0.2) is 68.0 Å². The van der Waals surface area contributed by atoms with Crippen molar-refractivity contribution in [2.24, 2.45) is 0 Å². The van der Waals surface area contributed by atoms with Crippen LogP contribution >= 0.6 is 31.9 Å². The Hall–Kier alpha value is -1.76. The second-order valence-corrected chi connectivity index (χ2v) is 17.0. The second-order valence-electron chi connectivity index (χ2n) is 15.4. The van der Waals surface area contributed by atoms with Gasteiger partial charge < -0.3 is 29.4 Å². The van der Waals surface area contributed by atoms with E-state index in [1.54, 1.807) is 0 Å². The fourth-order valence-electron chi connectivity index (χ4n) is 9.23. The molecule has 2 N–H and O–H groups in total. The van der Waals surface area contributed by atoms with Crippen LogP contribution in [-0.2, 0) is 29.6 Å². The van der Waals surface area contributed by atoms with Crippen molar-refractivity contribution in [1.82, 2.24) is 10.6 Å². The number of carbonyl (C=O) groups excluding carboxylic acids is 2. The molecule has 0 spiro atoms. The summed E-state index contributed by atoms with van der Waals surface area (Å²) in [4.78, 5) is 26.7. The Morgan fingerprint density at radius 1 is 0.608 bits per heavy atom. The van der Waals surface area contributed by atoms with Gasteiger partial charge in [-0.15, -0.1) is 0 Å². The molecular formula is C40H54BBr2N2O6. The molecule has 2 aromatic carbocycles. The van der Waals surface area contributed by atoms with Crippen molar-refractivity contribution in [1.29, 1.82) is 0 Å². The molecule has 2 atom stereocenters. The highest BCUT2D eigenvalue weighted by Gasteiger charge is 2.50. The molecule has 2 unspecified atom stereocenters. The van der Waals surface area contributed by atoms with Crippen molar-refractivity contribution in [3.63, 3.8) is 0 Å². The number of benzene rings is 2. The monoisotopic (exact) mass is 827 g/mol. The van der Waals surface area contributed by atoms with Crippen molar-refractivity contribution < 1.29 is 28.4 Å². The maximum absolute atomic E-state index is 13.3. The first-order chi connectivity index (χ1) is 24.7. The number of alkyl halides is 2. The molecule has 11 heteroatoms. The number of ether oxygens (including phenoxy) is 2. The maximum Gasteiger partial charge on any atom is 0.491 e. The van der Waals surface area contributed by atoms with Gasteiger partial charge in [0.25, 0.3) is 11.8 Å². The summed E-state index contributed by atoms with van der Waals surface area (Å²) in [5, 5.41) is 7.62. The number of amides is 2. The first-order valence-corrected chi connectivity index (χ1v) is 21.1. The van der Waals surface area contributed by atoms with Crippen LogP contribution in [0.3, 0.4) is 0 Å². The Morgan fingerprint density at radius 2 is 0.941 bits per heavy atom. The highest BCUT2D eigenvalue weighted by atomic mass is 79.9. The van der Waals surface area contributed by atoms with Crippen molar-refractivity contribution in [3.8, 4) is 0 Å². The van der Waals surface area contributed by atoms with Crippen LogP contribution in [0.1, 0.15) is 135 Å². The molecule has 8 nitrogen and oxygen atoms in total. The lowest BCUT2D eigenvalue weighted by atomic mass is 9.56. The Labute approximate surface area is 321 Å². The summed E-state index contributed by atoms with van der Waals surface area (Å²) in [5.74, 6) is -0.381. The lowest BCUT2D eigenvalue weighted by Crippen LogP contribution is -2.49. The summed E-state index contributed by atoms with van der Waals surface area (Å²) < 4.78 is 23.7. The van der Waals surface area contributed by atoms with Gasteiger partial charge in [-0.1, -0.05) is 56.1 Å². The summed E-state index contributed by atoms with van der Waals surface area (Å²) >= 11 is 6.99. The average molecular weight is 829 g/mol. The Kier molecular flexibility index (Phi) is 13.1. The number of fused-ring (bicyclic) bond motifs is 6. The van der Waals surface area contributed by atoms with Crippen LogP contribution in [0.4, 0.5) is 0 Å². The van der Waals surface area contributed by atoms with Gasteiger partial charge in [0.2, 0.25) is 0 Å². The van der Waals surface area contributed by atoms with Gasteiger partial charge in [-0.25, -0.2) is 0 Å². The van der Waals surface area contributed by atoms with E-state index in [1.165, 1.54) is 18.8 Å². The predicted octanol–water partition coefficient (Wildman–Crippen LogP) is 8.40. The standard InChI is InChI=1S/C40H54BBr2N2O6/c1-48-39-21-15-37(16-22-39,17-23-39)31-11-7-29(8-12-31)35(46)44-33(5-3-27-42)50-41-51-34(6-4-28-43)45-36(47)30-9-13-32(14-10-30)38-18-24-40(49-2,25-19-38)26-20-38/h7-14,33-34H,3-6,15-28H2,1-2H3,(H,44,46)(H,45,47). The van der Waals surface area contributed by atoms with E-state index in [0.29, 0.717) is 24.0 Å². The van der Waals surface area contributed by atoms with Gasteiger partial charge in [0.05, 0.1) is 11.2 Å². The van der Waals surface area contributed by atoms with E-state index >= 15 is 0 Å². The fraction of sp³-hybridized carbons (Fsp3) is 0.650. The van der Waals surface area contributed by atoms with Crippen LogP contribution in [0.2, 0.25) is 0 Å². The topological polar surface area (TPSA) is 95.1 Å². The van der Waals surface area contributed by atoms with Gasteiger partial charge in [-0.3, -0.25) is 9.59 Å². The fourth-order valence-corrected chi connectivity index (χ4v) is 9.88. The first-order valence-electron chi connectivity index (χ1n) is 18.9. The molecule has 0 aromatic heterocycles. The minimum Gasteiger partial charge on any atom is -0.393 e. The molecule has 0 aliphatic heterocycles. The molecule has 51 heavy (non-hydrogen) atoms. The van der Waals surface area contributed by atoms with E-state index < -0.39 is 12.5 Å². The summed E-state index contributed by atoms with van der Waals surface area (Å²) in [6, 6.07) is 16.2. The zero-order valence-electron chi connectivity index (χ0n) is 30.3. The van der Waals surface area contributed by atoms with Crippen LogP contribution < -0.4 is 10.6 Å². The normalized spacial score (nSPS) is 29.3. The molecule has 8 rings (SSSR count). The van der Waals surface area contributed by atoms with Crippen molar-refractivity contribution in [2.45, 2.75) is 137 Å². The third-order valence-electron chi connectivity index (χ3n) is 13.0. The highest BCUT2D eigenvalue weighted by Crippen LogP contribution is 2.56. The lowest BCUT2D eigenvalue weighted by molar-refractivity contribution is -0.0956. The third kappa shape index (κ3) is 8.81. The molecule has 2 amide bonds. The van der Waals surface area contributed by atoms with Crippen LogP contribution in [0, 0.1) is 0 Å². The predicted molar refractivity (Wildman–Crippen MR) is 208 cm³/mol. The molecule has 1 radical (unpaired) electrons. The number of halogens is 2. The number of nitrogens with one attached hydrogen (secondary N) is 2. The zero-order chi connectivity index (χ0) is 36.0. The summed E-state index contributed by atoms with van der Waals surface area (Å²) in [6.07, 6.45) is 15.0. The average Bonchev–Trinajstić information content (AvgIpc) is 3.20. The summed E-state index contributed by atoms with van der Waals surface area (Å²) in [6.45, 7) is 0. The molecule has 6 saturated carbocycles. The van der Waals surface area contributed by atoms with Gasteiger partial charge >= 0.3 is 7.69 Å². The van der Waals surface area contributed by atoms with E-state index in [4.69, 9.17) is 18.8 Å². The molecule has 2 aromatic rings. The van der Waals surface area contributed by atoms with Gasteiger partial charge in [0, 0.05) is 36.0 Å². The molecule has 6 aliphatic carbocycles. The maximum atomic E-state index is 13.3. The van der Waals surface area contributed by atoms with Gasteiger partial charge in [0.1, 0.15) is 12.5 Å². The number of carbonyl (C=O) groups is 2. The van der Waals surface area contributed by atoms with E-state index in [2.05, 4.69) is 66.8 Å². The zero-order valence-corrected chi connectivity index (χ0v) is 33.5. The van der Waals surface area contributed by atoms with E-state index in [9.17, 15) is 9.59 Å². The molecule has 0 heterocycles. The largest absolute Gasteiger partial charge is 0.491 e. The van der Waals surface area contributed by atoms with Crippen LogP contribution in [0.5, 0.6) is 0 Å². The van der Waals surface area contributed by atoms with Gasteiger partial charge in [-0.2, -0.15) is 0 Å². The molecular weight excluding hydrogens is 775 g/mol. The van der Waals surface area contributed by atoms with Crippen molar-refractivity contribution in [2.75, 3.05) is 24.9 Å². The molecule has 6 aliphatic rings. The second kappa shape index (κ2) is 17.1. The highest BCUT2D eigenvalue weighted by molar-refractivity contribution is 9.09. The number of methoxy groups -OCH3 is 2. The van der Waals surface area contributed by atoms with Crippen LogP contribution in [0.25, 0.3) is 0 Å². The van der Waals surface area contributed by atoms with E-state index in [1.807, 2.05) is 38.5 Å². The Morgan fingerprint density at radius 3 is 1.24 bits per heavy atom. The van der Waals surface area contributed by atoms with Crippen LogP contribution in [0.15, 0.2) is 48.5 Å². The number of rotatable bonds is 18. The van der Waals surface area contributed by atoms with Gasteiger partial charge in [-0.05, 0) is 149 Å². The summed E-state index contributed by atoms with van der Waals surface area (Å²) in [7, 11) is 4.97. The van der Waals surface area contributed by atoms with Gasteiger partial charge in [0.15, 0.2) is 0 Å². The third-order valence-corrected chi connectivity index (χ3v) is 14.1. The minimum absolute atomic E-state index is 0.0709. The molecule has 277 valence electrons. The van der Waals surface area contributed by atoms with Crippen molar-refractivity contribution in [3.05, 3.63) is 70.8 Å². The van der Waals surface area contributed by atoms with E-state index in [0.717, 1.165) is 101 Å². The summed E-state index contributed by atoms with van der Waals surface area (Å²) in [5.41, 5.74) is 4.37. The number of hydrogen-bond donors (Lipinski definition) is 2. The molecule has 6 fully saturated rings. The SMILES string of the molecule is COC12CCC(c3ccc(C(=O)NC(CCCBr)O[B]OC(CCCBr)NC(=O)c4ccc(C56CCC(OC)(CC5)CC6)cc4)cc3)(CC1)CC2. The number of hydrogen-bond acceptors (Lipinski definition) is 6. The van der Waals surface area contributed by atoms with E-state index in [-0.39, 0.29) is 33.8 Å². The Bertz CT molecular complexity index is 1320. The molecule has 4 bridgehead atoms. The first kappa shape index (κ1) is 39.0.